The number of benzene rings is 1. The lowest BCUT2D eigenvalue weighted by atomic mass is 10.2. The van der Waals surface area contributed by atoms with Crippen molar-refractivity contribution < 1.29 is 18.0 Å². The standard InChI is InChI=1S/C15H12ClF3N2OS/c16-11-5-3-10(4-6-11)8-21-13(22)12-2-1-7-20-14(12)23-9-15(17,18)19/h1-7H,8-9H2,(H,21,22). The van der Waals surface area contributed by atoms with Gasteiger partial charge < -0.3 is 5.32 Å². The third-order valence-electron chi connectivity index (χ3n) is 2.75. The van der Waals surface area contributed by atoms with Crippen LogP contribution in [-0.4, -0.2) is 22.8 Å². The van der Waals surface area contributed by atoms with E-state index in [9.17, 15) is 18.0 Å². The van der Waals surface area contributed by atoms with Crippen LogP contribution in [0.3, 0.4) is 0 Å². The van der Waals surface area contributed by atoms with Crippen molar-refractivity contribution in [2.45, 2.75) is 17.7 Å². The fourth-order valence-electron chi connectivity index (χ4n) is 1.71. The Morgan fingerprint density at radius 2 is 1.91 bits per heavy atom. The third kappa shape index (κ3) is 5.76. The van der Waals surface area contributed by atoms with Gasteiger partial charge in [0.25, 0.3) is 5.91 Å². The van der Waals surface area contributed by atoms with Crippen LogP contribution >= 0.6 is 23.4 Å². The highest BCUT2D eigenvalue weighted by Gasteiger charge is 2.28. The van der Waals surface area contributed by atoms with E-state index in [1.54, 1.807) is 24.3 Å². The number of hydrogen-bond acceptors (Lipinski definition) is 3. The maximum absolute atomic E-state index is 12.3. The van der Waals surface area contributed by atoms with Crippen molar-refractivity contribution >= 4 is 29.3 Å². The van der Waals surface area contributed by atoms with Crippen LogP contribution in [0.5, 0.6) is 0 Å². The molecule has 122 valence electrons. The van der Waals surface area contributed by atoms with E-state index in [1.807, 2.05) is 0 Å². The molecule has 1 heterocycles. The van der Waals surface area contributed by atoms with E-state index in [0.717, 1.165) is 5.56 Å². The summed E-state index contributed by atoms with van der Waals surface area (Å²) in [4.78, 5) is 16.0. The van der Waals surface area contributed by atoms with Crippen molar-refractivity contribution in [2.24, 2.45) is 0 Å². The summed E-state index contributed by atoms with van der Waals surface area (Å²) in [6.07, 6.45) is -2.96. The van der Waals surface area contributed by atoms with Gasteiger partial charge in [-0.1, -0.05) is 35.5 Å². The monoisotopic (exact) mass is 360 g/mol. The summed E-state index contributed by atoms with van der Waals surface area (Å²) in [5, 5.41) is 3.29. The number of alkyl halides is 3. The first-order valence-electron chi connectivity index (χ1n) is 6.52. The quantitative estimate of drug-likeness (QED) is 0.807. The molecule has 0 atom stereocenters. The average molecular weight is 361 g/mol. The smallest absolute Gasteiger partial charge is 0.348 e. The summed E-state index contributed by atoms with van der Waals surface area (Å²) < 4.78 is 36.9. The number of hydrogen-bond donors (Lipinski definition) is 1. The van der Waals surface area contributed by atoms with Crippen LogP contribution in [0.15, 0.2) is 47.6 Å². The van der Waals surface area contributed by atoms with Crippen LogP contribution in [-0.2, 0) is 6.54 Å². The zero-order valence-electron chi connectivity index (χ0n) is 11.7. The van der Waals surface area contributed by atoms with Crippen LogP contribution in [0.1, 0.15) is 15.9 Å². The summed E-state index contributed by atoms with van der Waals surface area (Å²) in [7, 11) is 0. The Morgan fingerprint density at radius 1 is 1.22 bits per heavy atom. The fraction of sp³-hybridized carbons (Fsp3) is 0.200. The van der Waals surface area contributed by atoms with Crippen LogP contribution in [0.2, 0.25) is 5.02 Å². The van der Waals surface area contributed by atoms with Gasteiger partial charge in [0.2, 0.25) is 0 Å². The number of nitrogens with zero attached hydrogens (tertiary/aromatic N) is 1. The Morgan fingerprint density at radius 3 is 2.57 bits per heavy atom. The van der Waals surface area contributed by atoms with Gasteiger partial charge in [0.1, 0.15) is 5.03 Å². The van der Waals surface area contributed by atoms with E-state index in [4.69, 9.17) is 11.6 Å². The molecule has 0 radical (unpaired) electrons. The van der Waals surface area contributed by atoms with Gasteiger partial charge >= 0.3 is 6.18 Å². The molecule has 0 fully saturated rings. The molecule has 0 spiro atoms. The van der Waals surface area contributed by atoms with E-state index in [-0.39, 0.29) is 17.1 Å². The van der Waals surface area contributed by atoms with Gasteiger partial charge in [0.05, 0.1) is 11.3 Å². The van der Waals surface area contributed by atoms with E-state index in [0.29, 0.717) is 16.8 Å². The molecule has 2 rings (SSSR count). The Bertz CT molecular complexity index is 677. The Kier molecular flexibility index (Phi) is 5.90. The topological polar surface area (TPSA) is 42.0 Å². The highest BCUT2D eigenvalue weighted by Crippen LogP contribution is 2.28. The number of nitrogens with one attached hydrogen (secondary N) is 1. The van der Waals surface area contributed by atoms with Crippen molar-refractivity contribution in [3.05, 3.63) is 58.7 Å². The summed E-state index contributed by atoms with van der Waals surface area (Å²) >= 11 is 6.26. The number of rotatable bonds is 5. The molecule has 8 heteroatoms. The molecule has 0 aliphatic carbocycles. The molecule has 0 aliphatic rings. The molecule has 23 heavy (non-hydrogen) atoms. The predicted molar refractivity (Wildman–Crippen MR) is 83.6 cm³/mol. The largest absolute Gasteiger partial charge is 0.398 e. The van der Waals surface area contributed by atoms with E-state index in [1.165, 1.54) is 18.3 Å². The highest BCUT2D eigenvalue weighted by atomic mass is 35.5. The zero-order valence-corrected chi connectivity index (χ0v) is 13.3. The molecule has 1 N–H and O–H groups in total. The molecule has 0 saturated heterocycles. The molecule has 0 saturated carbocycles. The summed E-state index contributed by atoms with van der Waals surface area (Å²) in [5.41, 5.74) is 0.951. The lowest BCUT2D eigenvalue weighted by Crippen LogP contribution is -2.24. The maximum Gasteiger partial charge on any atom is 0.398 e. The maximum atomic E-state index is 12.3. The number of thioether (sulfide) groups is 1. The Labute approximate surface area is 140 Å². The van der Waals surface area contributed by atoms with Gasteiger partial charge in [0.15, 0.2) is 0 Å². The van der Waals surface area contributed by atoms with Crippen LogP contribution in [0.25, 0.3) is 0 Å². The molecule has 2 aromatic rings. The fourth-order valence-corrected chi connectivity index (χ4v) is 2.59. The first kappa shape index (κ1) is 17.6. The van der Waals surface area contributed by atoms with Gasteiger partial charge in [-0.2, -0.15) is 13.2 Å². The molecule has 0 unspecified atom stereocenters. The second-order valence-electron chi connectivity index (χ2n) is 4.57. The van der Waals surface area contributed by atoms with Crippen molar-refractivity contribution in [1.29, 1.82) is 0 Å². The van der Waals surface area contributed by atoms with Crippen molar-refractivity contribution in [2.75, 3.05) is 5.75 Å². The lowest BCUT2D eigenvalue weighted by Gasteiger charge is -2.10. The highest BCUT2D eigenvalue weighted by molar-refractivity contribution is 7.99. The molecule has 1 aromatic heterocycles. The summed E-state index contributed by atoms with van der Waals surface area (Å²) in [6, 6.07) is 9.85. The molecular weight excluding hydrogens is 349 g/mol. The first-order chi connectivity index (χ1) is 10.8. The molecule has 0 aliphatic heterocycles. The number of carbonyl (C=O) groups is 1. The molecule has 1 aromatic carbocycles. The van der Waals surface area contributed by atoms with Gasteiger partial charge in [-0.25, -0.2) is 4.98 Å². The minimum Gasteiger partial charge on any atom is -0.348 e. The average Bonchev–Trinajstić information content (AvgIpc) is 2.52. The predicted octanol–water partition coefficient (Wildman–Crippen LogP) is 4.32. The Balaban J connectivity index is 2.02. The van der Waals surface area contributed by atoms with E-state index < -0.39 is 17.8 Å². The number of amides is 1. The lowest BCUT2D eigenvalue weighted by molar-refractivity contribution is -0.105. The van der Waals surface area contributed by atoms with Crippen LogP contribution < -0.4 is 5.32 Å². The molecule has 1 amide bonds. The zero-order chi connectivity index (χ0) is 16.9. The van der Waals surface area contributed by atoms with Gasteiger partial charge in [0, 0.05) is 17.8 Å². The number of halogens is 4. The van der Waals surface area contributed by atoms with E-state index in [2.05, 4.69) is 10.3 Å². The Hall–Kier alpha value is -1.73. The van der Waals surface area contributed by atoms with E-state index >= 15 is 0 Å². The van der Waals surface area contributed by atoms with Gasteiger partial charge in [-0.3, -0.25) is 4.79 Å². The molecular formula is C15H12ClF3N2OS. The number of pyridine rings is 1. The van der Waals surface area contributed by atoms with Crippen molar-refractivity contribution in [1.82, 2.24) is 10.3 Å². The summed E-state index contributed by atoms with van der Waals surface area (Å²) in [5.74, 6) is -1.57. The molecule has 3 nitrogen and oxygen atoms in total. The summed E-state index contributed by atoms with van der Waals surface area (Å²) in [6.45, 7) is 0.244. The van der Waals surface area contributed by atoms with Gasteiger partial charge in [-0.15, -0.1) is 0 Å². The number of carbonyl (C=O) groups excluding carboxylic acids is 1. The van der Waals surface area contributed by atoms with Crippen molar-refractivity contribution in [3.63, 3.8) is 0 Å². The number of aromatic nitrogens is 1. The van der Waals surface area contributed by atoms with Crippen LogP contribution in [0.4, 0.5) is 13.2 Å². The second kappa shape index (κ2) is 7.70. The minimum absolute atomic E-state index is 0.0541. The third-order valence-corrected chi connectivity index (χ3v) is 4.08. The van der Waals surface area contributed by atoms with Crippen LogP contribution in [0, 0.1) is 0 Å². The van der Waals surface area contributed by atoms with Crippen molar-refractivity contribution in [3.8, 4) is 0 Å². The first-order valence-corrected chi connectivity index (χ1v) is 7.89. The minimum atomic E-state index is -4.32. The van der Waals surface area contributed by atoms with Gasteiger partial charge in [-0.05, 0) is 29.8 Å². The molecule has 0 bridgehead atoms. The normalized spacial score (nSPS) is 11.3. The second-order valence-corrected chi connectivity index (χ2v) is 5.97. The SMILES string of the molecule is O=C(NCc1ccc(Cl)cc1)c1cccnc1SCC(F)(F)F.